The van der Waals surface area contributed by atoms with E-state index in [2.05, 4.69) is 39.8 Å². The first-order chi connectivity index (χ1) is 15.5. The number of ether oxygens (including phenoxy) is 1. The molecule has 3 aromatic carbocycles. The third kappa shape index (κ3) is 5.07. The van der Waals surface area contributed by atoms with Crippen molar-refractivity contribution in [3.63, 3.8) is 0 Å². The molecule has 0 unspecified atom stereocenters. The molecule has 0 aromatic heterocycles. The molecule has 3 aromatic rings. The number of hydrogen-bond acceptors (Lipinski definition) is 4. The summed E-state index contributed by atoms with van der Waals surface area (Å²) in [5.41, 5.74) is 1.33. The summed E-state index contributed by atoms with van der Waals surface area (Å²) in [6, 6.07) is 17.8. The van der Waals surface area contributed by atoms with Crippen molar-refractivity contribution in [2.75, 3.05) is 38.2 Å². The fourth-order valence-corrected chi connectivity index (χ4v) is 4.08. The fourth-order valence-electron chi connectivity index (χ4n) is 3.90. The molecule has 0 aliphatic carbocycles. The minimum Gasteiger partial charge on any atom is -0.379 e. The van der Waals surface area contributed by atoms with Gasteiger partial charge in [0.1, 0.15) is 5.82 Å². The molecule has 1 aliphatic rings. The number of nitrogens with zero attached hydrogens (tertiary/aromatic N) is 1. The number of fused-ring (bicyclic) bond motifs is 1. The number of nitrogens with one attached hydrogen (secondary N) is 2. The molecule has 166 valence electrons. The maximum Gasteiger partial charge on any atom is 0.313 e. The maximum absolute atomic E-state index is 13.3. The second kappa shape index (κ2) is 10.1. The first-order valence-electron chi connectivity index (χ1n) is 10.4. The van der Waals surface area contributed by atoms with Crippen LogP contribution in [0.1, 0.15) is 11.6 Å². The summed E-state index contributed by atoms with van der Waals surface area (Å²) in [5, 5.41) is 7.28. The van der Waals surface area contributed by atoms with Gasteiger partial charge in [0, 0.05) is 25.3 Å². The molecule has 1 saturated heterocycles. The van der Waals surface area contributed by atoms with Crippen molar-refractivity contribution in [1.82, 2.24) is 10.2 Å². The molecule has 2 amide bonds. The Bertz CT molecular complexity index is 1130. The Balaban J connectivity index is 1.50. The standard InChI is InChI=1S/C24H23ClFN3O3/c25-20-14-17(8-9-21(20)26)28-24(31)23(30)27-15-22(29-10-12-32-13-11-29)19-7-3-5-16-4-1-2-6-18(16)19/h1-9,14,22H,10-13,15H2,(H,27,30)(H,28,31)/t22-/m1/s1. The topological polar surface area (TPSA) is 70.7 Å². The molecule has 1 heterocycles. The van der Waals surface area contributed by atoms with Crippen molar-refractivity contribution in [1.29, 1.82) is 0 Å². The minimum absolute atomic E-state index is 0.123. The van der Waals surface area contributed by atoms with Crippen LogP contribution in [0.3, 0.4) is 0 Å². The number of carbonyl (C=O) groups excluding carboxylic acids is 2. The average molecular weight is 456 g/mol. The number of rotatable bonds is 5. The van der Waals surface area contributed by atoms with Gasteiger partial charge in [-0.3, -0.25) is 14.5 Å². The van der Waals surface area contributed by atoms with Gasteiger partial charge in [0.25, 0.3) is 0 Å². The molecule has 2 N–H and O–H groups in total. The molecule has 1 atom stereocenters. The number of anilines is 1. The van der Waals surface area contributed by atoms with Gasteiger partial charge in [-0.15, -0.1) is 0 Å². The van der Waals surface area contributed by atoms with Gasteiger partial charge in [0.2, 0.25) is 0 Å². The van der Waals surface area contributed by atoms with Crippen LogP contribution in [-0.4, -0.2) is 49.6 Å². The Morgan fingerprint density at radius 1 is 1.03 bits per heavy atom. The van der Waals surface area contributed by atoms with Gasteiger partial charge in [0.15, 0.2) is 0 Å². The second-order valence-electron chi connectivity index (χ2n) is 7.53. The van der Waals surface area contributed by atoms with Crippen molar-refractivity contribution >= 4 is 39.9 Å². The van der Waals surface area contributed by atoms with E-state index in [1.165, 1.54) is 12.1 Å². The molecule has 0 saturated carbocycles. The Hall–Kier alpha value is -3.00. The molecular formula is C24H23ClFN3O3. The third-order valence-electron chi connectivity index (χ3n) is 5.51. The summed E-state index contributed by atoms with van der Waals surface area (Å²) in [6.45, 7) is 2.93. The zero-order valence-electron chi connectivity index (χ0n) is 17.3. The molecule has 0 bridgehead atoms. The number of hydrogen-bond donors (Lipinski definition) is 2. The van der Waals surface area contributed by atoms with E-state index in [1.807, 2.05) is 18.2 Å². The summed E-state index contributed by atoms with van der Waals surface area (Å²) in [5.74, 6) is -2.21. The van der Waals surface area contributed by atoms with Crippen molar-refractivity contribution in [2.45, 2.75) is 6.04 Å². The highest BCUT2D eigenvalue weighted by Gasteiger charge is 2.26. The Morgan fingerprint density at radius 2 is 1.78 bits per heavy atom. The first-order valence-corrected chi connectivity index (χ1v) is 10.7. The maximum atomic E-state index is 13.3. The fraction of sp³-hybridized carbons (Fsp3) is 0.250. The Kier molecular flexibility index (Phi) is 6.99. The van der Waals surface area contributed by atoms with Crippen molar-refractivity contribution in [3.05, 3.63) is 77.1 Å². The number of morpholine rings is 1. The molecule has 32 heavy (non-hydrogen) atoms. The highest BCUT2D eigenvalue weighted by molar-refractivity contribution is 6.39. The lowest BCUT2D eigenvalue weighted by Crippen LogP contribution is -2.45. The van der Waals surface area contributed by atoms with Gasteiger partial charge in [0.05, 0.1) is 24.3 Å². The lowest BCUT2D eigenvalue weighted by atomic mass is 9.97. The van der Waals surface area contributed by atoms with Crippen LogP contribution >= 0.6 is 11.6 Å². The number of benzene rings is 3. The van der Waals surface area contributed by atoms with E-state index in [-0.39, 0.29) is 23.3 Å². The van der Waals surface area contributed by atoms with Crippen LogP contribution in [-0.2, 0) is 14.3 Å². The largest absolute Gasteiger partial charge is 0.379 e. The van der Waals surface area contributed by atoms with E-state index in [1.54, 1.807) is 0 Å². The Labute approximate surface area is 190 Å². The second-order valence-corrected chi connectivity index (χ2v) is 7.93. The normalized spacial score (nSPS) is 15.3. The van der Waals surface area contributed by atoms with Crippen LogP contribution in [0.4, 0.5) is 10.1 Å². The summed E-state index contributed by atoms with van der Waals surface area (Å²) in [7, 11) is 0. The van der Waals surface area contributed by atoms with E-state index in [4.69, 9.17) is 16.3 Å². The smallest absolute Gasteiger partial charge is 0.313 e. The zero-order valence-corrected chi connectivity index (χ0v) is 18.1. The van der Waals surface area contributed by atoms with Crippen LogP contribution < -0.4 is 10.6 Å². The van der Waals surface area contributed by atoms with Gasteiger partial charge >= 0.3 is 11.8 Å². The van der Waals surface area contributed by atoms with E-state index >= 15 is 0 Å². The van der Waals surface area contributed by atoms with E-state index in [0.29, 0.717) is 13.2 Å². The molecule has 1 aliphatic heterocycles. The van der Waals surface area contributed by atoms with Gasteiger partial charge in [-0.05, 0) is 34.5 Å². The molecule has 8 heteroatoms. The summed E-state index contributed by atoms with van der Waals surface area (Å²) >= 11 is 5.74. The van der Waals surface area contributed by atoms with E-state index < -0.39 is 17.6 Å². The number of halogens is 2. The number of carbonyl (C=O) groups is 2. The van der Waals surface area contributed by atoms with E-state index in [0.717, 1.165) is 35.5 Å². The molecule has 0 spiro atoms. The molecular weight excluding hydrogens is 433 g/mol. The summed E-state index contributed by atoms with van der Waals surface area (Å²) in [4.78, 5) is 27.1. The average Bonchev–Trinajstić information content (AvgIpc) is 2.82. The Morgan fingerprint density at radius 3 is 2.56 bits per heavy atom. The van der Waals surface area contributed by atoms with Gasteiger partial charge in [-0.25, -0.2) is 4.39 Å². The zero-order chi connectivity index (χ0) is 22.5. The predicted molar refractivity (Wildman–Crippen MR) is 122 cm³/mol. The molecule has 4 rings (SSSR count). The van der Waals surface area contributed by atoms with Gasteiger partial charge in [-0.2, -0.15) is 0 Å². The predicted octanol–water partition coefficient (Wildman–Crippen LogP) is 3.76. The molecule has 0 radical (unpaired) electrons. The highest BCUT2D eigenvalue weighted by atomic mass is 35.5. The van der Waals surface area contributed by atoms with E-state index in [9.17, 15) is 14.0 Å². The lowest BCUT2D eigenvalue weighted by Gasteiger charge is -2.35. The van der Waals surface area contributed by atoms with Crippen LogP contribution in [0.5, 0.6) is 0 Å². The van der Waals surface area contributed by atoms with Crippen molar-refractivity contribution < 1.29 is 18.7 Å². The van der Waals surface area contributed by atoms with Crippen molar-refractivity contribution in [2.24, 2.45) is 0 Å². The minimum atomic E-state index is -0.841. The van der Waals surface area contributed by atoms with Crippen molar-refractivity contribution in [3.8, 4) is 0 Å². The van der Waals surface area contributed by atoms with Gasteiger partial charge < -0.3 is 15.4 Å². The van der Waals surface area contributed by atoms with Crippen LogP contribution in [0.15, 0.2) is 60.7 Å². The first kappa shape index (κ1) is 22.2. The SMILES string of the molecule is O=C(NC[C@H](c1cccc2ccccc12)N1CCOCC1)C(=O)Nc1ccc(F)c(Cl)c1. The third-order valence-corrected chi connectivity index (χ3v) is 5.80. The van der Waals surface area contributed by atoms with Crippen LogP contribution in [0, 0.1) is 5.82 Å². The molecule has 1 fully saturated rings. The van der Waals surface area contributed by atoms with Gasteiger partial charge in [-0.1, -0.05) is 54.1 Å². The number of amides is 2. The summed E-state index contributed by atoms with van der Waals surface area (Å²) in [6.07, 6.45) is 0. The highest BCUT2D eigenvalue weighted by Crippen LogP contribution is 2.28. The van der Waals surface area contributed by atoms with Crippen LogP contribution in [0.2, 0.25) is 5.02 Å². The lowest BCUT2D eigenvalue weighted by molar-refractivity contribution is -0.136. The van der Waals surface area contributed by atoms with Crippen LogP contribution in [0.25, 0.3) is 10.8 Å². The quantitative estimate of drug-likeness (QED) is 0.575. The molecule has 6 nitrogen and oxygen atoms in total. The summed E-state index contributed by atoms with van der Waals surface area (Å²) < 4.78 is 18.8. The monoisotopic (exact) mass is 455 g/mol.